The highest BCUT2D eigenvalue weighted by atomic mass is 32.2. The lowest BCUT2D eigenvalue weighted by atomic mass is 9.89. The number of hydrogen-bond donors (Lipinski definition) is 4. The van der Waals surface area contributed by atoms with Crippen molar-refractivity contribution >= 4 is 38.7 Å². The summed E-state index contributed by atoms with van der Waals surface area (Å²) in [5.41, 5.74) is 1.33. The quantitative estimate of drug-likeness (QED) is 0.182. The van der Waals surface area contributed by atoms with Crippen LogP contribution in [0.1, 0.15) is 18.9 Å². The second kappa shape index (κ2) is 13.1. The van der Waals surface area contributed by atoms with Gasteiger partial charge in [0.2, 0.25) is 16.3 Å². The second-order valence-electron chi connectivity index (χ2n) is 12.2. The van der Waals surface area contributed by atoms with Gasteiger partial charge >= 0.3 is 12.0 Å². The van der Waals surface area contributed by atoms with Crippen molar-refractivity contribution in [1.82, 2.24) is 28.6 Å². The van der Waals surface area contributed by atoms with Gasteiger partial charge in [-0.15, -0.1) is 0 Å². The van der Waals surface area contributed by atoms with Crippen LogP contribution in [0.25, 0.3) is 22.3 Å². The van der Waals surface area contributed by atoms with E-state index in [9.17, 15) is 43.7 Å². The van der Waals surface area contributed by atoms with Gasteiger partial charge in [-0.1, -0.05) is 6.07 Å². The lowest BCUT2D eigenvalue weighted by Gasteiger charge is -2.47. The third-order valence-corrected chi connectivity index (χ3v) is 10.7. The number of aromatic nitrogens is 5. The minimum absolute atomic E-state index is 0.00927. The molecule has 0 bridgehead atoms. The third kappa shape index (κ3) is 5.95. The number of rotatable bonds is 9. The maximum atomic E-state index is 14.0. The number of benzene rings is 1. The summed E-state index contributed by atoms with van der Waals surface area (Å²) < 4.78 is 40.0. The van der Waals surface area contributed by atoms with Gasteiger partial charge in [0, 0.05) is 43.5 Å². The number of aliphatic hydroxyl groups is 3. The number of aliphatic carboxylic acids is 1. The molecular weight excluding hydrogens is 676 g/mol. The van der Waals surface area contributed by atoms with Gasteiger partial charge in [-0.05, 0) is 37.6 Å². The first-order valence-corrected chi connectivity index (χ1v) is 17.0. The molecule has 0 spiro atoms. The first-order valence-electron chi connectivity index (χ1n) is 15.4. The Balaban J connectivity index is 1.28. The number of carboxylic acid groups (broad SMARTS) is 1. The Morgan fingerprint density at radius 2 is 1.90 bits per heavy atom. The van der Waals surface area contributed by atoms with Crippen molar-refractivity contribution in [1.29, 1.82) is 5.26 Å². The molecule has 5 heterocycles. The van der Waals surface area contributed by atoms with Crippen LogP contribution in [-0.2, 0) is 25.1 Å². The molecule has 0 aliphatic carbocycles. The van der Waals surface area contributed by atoms with E-state index in [4.69, 9.17) is 9.47 Å². The van der Waals surface area contributed by atoms with Crippen LogP contribution in [0.4, 0.5) is 10.5 Å². The van der Waals surface area contributed by atoms with Crippen LogP contribution in [-0.4, -0.2) is 126 Å². The number of ether oxygens (including phenoxy) is 2. The predicted octanol–water partition coefficient (Wildman–Crippen LogP) is 0.253. The van der Waals surface area contributed by atoms with Gasteiger partial charge in [-0.3, -0.25) is 14.1 Å². The van der Waals surface area contributed by atoms with Crippen molar-refractivity contribution in [3.63, 3.8) is 0 Å². The van der Waals surface area contributed by atoms with E-state index in [1.807, 2.05) is 0 Å². The number of anilines is 1. The molecule has 0 saturated carbocycles. The molecule has 0 unspecified atom stereocenters. The molecule has 2 fully saturated rings. The number of aryl methyl sites for hydroxylation is 1. The third-order valence-electron chi connectivity index (χ3n) is 8.96. The smallest absolute Gasteiger partial charge is 0.335 e. The molecule has 5 atom stereocenters. The summed E-state index contributed by atoms with van der Waals surface area (Å²) in [5.74, 6) is -1.61. The predicted molar refractivity (Wildman–Crippen MR) is 173 cm³/mol. The minimum atomic E-state index is -3.43. The number of carbonyl (C=O) groups is 2. The number of aliphatic hydroxyl groups excluding tert-OH is 3. The largest absolute Gasteiger partial charge is 0.479 e. The Morgan fingerprint density at radius 1 is 1.16 bits per heavy atom. The van der Waals surface area contributed by atoms with E-state index in [2.05, 4.69) is 21.1 Å². The van der Waals surface area contributed by atoms with Gasteiger partial charge in [0.15, 0.2) is 11.8 Å². The summed E-state index contributed by atoms with van der Waals surface area (Å²) in [5, 5.41) is 54.7. The first-order chi connectivity index (χ1) is 23.7. The Morgan fingerprint density at radius 3 is 2.58 bits per heavy atom. The average Bonchev–Trinajstić information content (AvgIpc) is 3.74. The SMILES string of the molecule is CCS(=O)(=O)N1CC(CC#N)(n2cc(-c3ncnc4c3ccn4C(=O)N(C)c3cc(C)ccc3O[C@@H]3O[C@H](C(=O)O)[C@@H](O)[C@H](O)[C@H]3O)cn2)C1. The summed E-state index contributed by atoms with van der Waals surface area (Å²) in [6, 6.07) is 7.96. The maximum absolute atomic E-state index is 14.0. The molecule has 19 heteroatoms. The molecule has 1 amide bonds. The summed E-state index contributed by atoms with van der Waals surface area (Å²) in [7, 11) is -1.97. The molecule has 4 aromatic rings. The van der Waals surface area contributed by atoms with Gasteiger partial charge in [-0.2, -0.15) is 14.7 Å². The monoisotopic (exact) mass is 710 g/mol. The zero-order valence-electron chi connectivity index (χ0n) is 27.1. The summed E-state index contributed by atoms with van der Waals surface area (Å²) >= 11 is 0. The number of carbonyl (C=O) groups excluding carboxylic acids is 1. The number of fused-ring (bicyclic) bond motifs is 1. The van der Waals surface area contributed by atoms with Crippen molar-refractivity contribution < 1.29 is 47.9 Å². The van der Waals surface area contributed by atoms with Gasteiger partial charge in [-0.25, -0.2) is 28.0 Å². The molecule has 1 aromatic carbocycles. The van der Waals surface area contributed by atoms with Crippen LogP contribution in [0.5, 0.6) is 5.75 Å². The topological polar surface area (TPSA) is 246 Å². The number of amides is 1. The van der Waals surface area contributed by atoms with E-state index in [0.29, 0.717) is 16.6 Å². The lowest BCUT2D eigenvalue weighted by molar-refractivity contribution is -0.271. The van der Waals surface area contributed by atoms with Crippen LogP contribution >= 0.6 is 0 Å². The fraction of sp³-hybridized carbons (Fsp3) is 0.419. The van der Waals surface area contributed by atoms with E-state index in [-0.39, 0.29) is 42.3 Å². The van der Waals surface area contributed by atoms with Gasteiger partial charge in [0.1, 0.15) is 35.9 Å². The Bertz CT molecular complexity index is 2100. The molecule has 50 heavy (non-hydrogen) atoms. The van der Waals surface area contributed by atoms with E-state index in [1.165, 1.54) is 39.4 Å². The van der Waals surface area contributed by atoms with E-state index >= 15 is 0 Å². The van der Waals surface area contributed by atoms with Crippen molar-refractivity contribution in [2.24, 2.45) is 0 Å². The highest BCUT2D eigenvalue weighted by molar-refractivity contribution is 7.89. The first kappa shape index (κ1) is 34.9. The fourth-order valence-corrected chi connectivity index (χ4v) is 7.28. The molecule has 2 aliphatic rings. The van der Waals surface area contributed by atoms with Crippen LogP contribution < -0.4 is 9.64 Å². The molecule has 0 radical (unpaired) electrons. The van der Waals surface area contributed by atoms with Crippen LogP contribution in [0, 0.1) is 18.3 Å². The Kier molecular flexibility index (Phi) is 9.10. The second-order valence-corrected chi connectivity index (χ2v) is 14.5. The van der Waals surface area contributed by atoms with Gasteiger partial charge < -0.3 is 29.9 Å². The highest BCUT2D eigenvalue weighted by Gasteiger charge is 2.50. The maximum Gasteiger partial charge on any atom is 0.335 e. The zero-order chi connectivity index (χ0) is 36.1. The van der Waals surface area contributed by atoms with Crippen LogP contribution in [0.3, 0.4) is 0 Å². The number of carboxylic acids is 1. The van der Waals surface area contributed by atoms with Crippen LogP contribution in [0.2, 0.25) is 0 Å². The summed E-state index contributed by atoms with van der Waals surface area (Å²) in [6.45, 7) is 3.54. The molecular formula is C31H34N8O10S. The lowest BCUT2D eigenvalue weighted by Crippen LogP contribution is -2.64. The average molecular weight is 711 g/mol. The van der Waals surface area contributed by atoms with Crippen molar-refractivity contribution in [3.8, 4) is 23.1 Å². The van der Waals surface area contributed by atoms with Gasteiger partial charge in [0.25, 0.3) is 0 Å². The molecule has 6 rings (SSSR count). The summed E-state index contributed by atoms with van der Waals surface area (Å²) in [6.07, 6.45) is -3.12. The zero-order valence-corrected chi connectivity index (χ0v) is 27.9. The van der Waals surface area contributed by atoms with Crippen molar-refractivity contribution in [2.45, 2.75) is 56.5 Å². The normalized spacial score (nSPS) is 23.6. The number of nitriles is 1. The Hall–Kier alpha value is -4.97. The summed E-state index contributed by atoms with van der Waals surface area (Å²) in [4.78, 5) is 35.5. The Labute approximate surface area is 285 Å². The molecule has 2 aliphatic heterocycles. The number of sulfonamides is 1. The highest BCUT2D eigenvalue weighted by Crippen LogP contribution is 2.37. The van der Waals surface area contributed by atoms with Crippen molar-refractivity contribution in [3.05, 3.63) is 54.7 Å². The standard InChI is InChI=1S/C31H34N8O10S/c1-4-50(46,47)37-14-31(15-37,8-9-32)39-13-18(12-35-39)22-19-7-10-38(27(19)34-16-33-22)30(45)36(3)20-11-17(2)5-6-21(20)48-29-25(42)23(40)24(41)26(49-29)28(43)44/h5-7,10-13,16,23-26,29,40-42H,4,8,14-15H2,1-3H3,(H,43,44)/t23-,24-,25+,26-,29+/m0/s1. The van der Waals surface area contributed by atoms with Gasteiger partial charge in [0.05, 0.1) is 35.8 Å². The molecule has 3 aromatic heterocycles. The van der Waals surface area contributed by atoms with E-state index in [1.54, 1.807) is 49.1 Å². The molecule has 18 nitrogen and oxygen atoms in total. The molecule has 4 N–H and O–H groups in total. The number of hydrogen-bond acceptors (Lipinski definition) is 13. The number of nitrogens with zero attached hydrogens (tertiary/aromatic N) is 8. The molecule has 264 valence electrons. The molecule has 2 saturated heterocycles. The van der Waals surface area contributed by atoms with E-state index < -0.39 is 58.3 Å². The fourth-order valence-electron chi connectivity index (χ4n) is 6.04. The van der Waals surface area contributed by atoms with E-state index in [0.717, 1.165) is 5.56 Å². The van der Waals surface area contributed by atoms with Crippen LogP contribution in [0.15, 0.2) is 49.2 Å². The minimum Gasteiger partial charge on any atom is -0.479 e. The van der Waals surface area contributed by atoms with Crippen molar-refractivity contribution in [2.75, 3.05) is 30.8 Å².